The fourth-order valence-corrected chi connectivity index (χ4v) is 1.33. The van der Waals surface area contributed by atoms with E-state index in [0.29, 0.717) is 11.6 Å². The summed E-state index contributed by atoms with van der Waals surface area (Å²) in [6.07, 6.45) is -5.06. The maximum Gasteiger partial charge on any atom is 0.390 e. The van der Waals surface area contributed by atoms with Crippen LogP contribution in [-0.2, 0) is 0 Å². The first kappa shape index (κ1) is 14.5. The maximum atomic E-state index is 12.1. The van der Waals surface area contributed by atoms with Crippen LogP contribution in [-0.4, -0.2) is 29.7 Å². The number of halogens is 3. The van der Waals surface area contributed by atoms with Gasteiger partial charge in [0.2, 0.25) is 0 Å². The van der Waals surface area contributed by atoms with E-state index in [9.17, 15) is 13.2 Å². The average Bonchev–Trinajstić information content (AvgIpc) is 2.23. The van der Waals surface area contributed by atoms with Crippen molar-refractivity contribution < 1.29 is 13.2 Å². The van der Waals surface area contributed by atoms with Crippen LogP contribution in [0.5, 0.6) is 0 Å². The van der Waals surface area contributed by atoms with Crippen LogP contribution in [0.4, 0.5) is 24.8 Å². The van der Waals surface area contributed by atoms with Crippen LogP contribution >= 0.6 is 0 Å². The smallest absolute Gasteiger partial charge is 0.384 e. The van der Waals surface area contributed by atoms with Gasteiger partial charge in [-0.2, -0.15) is 13.2 Å². The molecule has 102 valence electrons. The Morgan fingerprint density at radius 3 is 2.44 bits per heavy atom. The third-order valence-corrected chi connectivity index (χ3v) is 2.39. The van der Waals surface area contributed by atoms with Crippen LogP contribution < -0.4 is 10.6 Å². The first-order chi connectivity index (χ1) is 8.19. The molecule has 0 unspecified atom stereocenters. The van der Waals surface area contributed by atoms with Gasteiger partial charge in [-0.3, -0.25) is 0 Å². The summed E-state index contributed by atoms with van der Waals surface area (Å²) in [5.41, 5.74) is 5.62. The van der Waals surface area contributed by atoms with Crippen molar-refractivity contribution in [3.63, 3.8) is 0 Å². The van der Waals surface area contributed by atoms with Gasteiger partial charge in [-0.1, -0.05) is 13.8 Å². The van der Waals surface area contributed by atoms with E-state index in [-0.39, 0.29) is 18.3 Å². The Morgan fingerprint density at radius 2 is 1.94 bits per heavy atom. The minimum atomic E-state index is -4.17. The molecule has 0 bridgehead atoms. The van der Waals surface area contributed by atoms with Gasteiger partial charge in [0.05, 0.1) is 6.42 Å². The van der Waals surface area contributed by atoms with Crippen LogP contribution in [0.1, 0.15) is 32.0 Å². The summed E-state index contributed by atoms with van der Waals surface area (Å²) >= 11 is 0. The molecule has 0 radical (unpaired) electrons. The van der Waals surface area contributed by atoms with E-state index in [1.807, 2.05) is 13.8 Å². The van der Waals surface area contributed by atoms with Crippen molar-refractivity contribution in [1.29, 1.82) is 0 Å². The molecule has 7 heteroatoms. The number of aromatic nitrogens is 2. The summed E-state index contributed by atoms with van der Waals surface area (Å²) in [7, 11) is 1.55. The zero-order valence-electron chi connectivity index (χ0n) is 10.6. The van der Waals surface area contributed by atoms with Gasteiger partial charge in [0.1, 0.15) is 17.5 Å². The molecule has 0 saturated heterocycles. The van der Waals surface area contributed by atoms with Crippen molar-refractivity contribution in [2.75, 3.05) is 24.2 Å². The summed E-state index contributed by atoms with van der Waals surface area (Å²) in [6.45, 7) is 3.64. The van der Waals surface area contributed by atoms with Gasteiger partial charge in [-0.05, 0) is 0 Å². The SMILES string of the molecule is CC(C)c1nc(N)cc(N(C)CCC(F)(F)F)n1. The predicted octanol–water partition coefficient (Wildman–Crippen LogP) is 2.57. The van der Waals surface area contributed by atoms with Crippen molar-refractivity contribution in [3.8, 4) is 0 Å². The highest BCUT2D eigenvalue weighted by Gasteiger charge is 2.27. The third kappa shape index (κ3) is 4.38. The fraction of sp³-hybridized carbons (Fsp3) is 0.636. The van der Waals surface area contributed by atoms with E-state index in [2.05, 4.69) is 9.97 Å². The van der Waals surface area contributed by atoms with E-state index in [1.165, 1.54) is 11.0 Å². The highest BCUT2D eigenvalue weighted by atomic mass is 19.4. The number of anilines is 2. The third-order valence-electron chi connectivity index (χ3n) is 2.39. The second kappa shape index (κ2) is 5.41. The quantitative estimate of drug-likeness (QED) is 0.906. The number of nitrogen functional groups attached to an aromatic ring is 1. The van der Waals surface area contributed by atoms with Gasteiger partial charge >= 0.3 is 6.18 Å². The molecule has 1 aromatic heterocycles. The van der Waals surface area contributed by atoms with Gasteiger partial charge in [0.25, 0.3) is 0 Å². The summed E-state index contributed by atoms with van der Waals surface area (Å²) in [4.78, 5) is 9.67. The molecule has 0 aliphatic heterocycles. The minimum Gasteiger partial charge on any atom is -0.384 e. The Morgan fingerprint density at radius 1 is 1.33 bits per heavy atom. The van der Waals surface area contributed by atoms with Crippen LogP contribution in [0, 0.1) is 0 Å². The Labute approximate surface area is 104 Å². The van der Waals surface area contributed by atoms with Crippen LogP contribution in [0.15, 0.2) is 6.07 Å². The average molecular weight is 262 g/mol. The Bertz CT molecular complexity index is 404. The molecule has 4 nitrogen and oxygen atoms in total. The largest absolute Gasteiger partial charge is 0.390 e. The second-order valence-electron chi connectivity index (χ2n) is 4.45. The van der Waals surface area contributed by atoms with Crippen molar-refractivity contribution in [2.24, 2.45) is 0 Å². The van der Waals surface area contributed by atoms with Gasteiger partial charge < -0.3 is 10.6 Å². The van der Waals surface area contributed by atoms with Crippen LogP contribution in [0.2, 0.25) is 0 Å². The molecule has 0 aliphatic rings. The summed E-state index contributed by atoms with van der Waals surface area (Å²) in [5.74, 6) is 1.28. The zero-order valence-corrected chi connectivity index (χ0v) is 10.6. The normalized spacial score (nSPS) is 11.9. The van der Waals surface area contributed by atoms with Gasteiger partial charge in [0.15, 0.2) is 0 Å². The molecule has 0 aromatic carbocycles. The Balaban J connectivity index is 2.82. The van der Waals surface area contributed by atoms with Gasteiger partial charge in [-0.25, -0.2) is 9.97 Å². The Kier molecular flexibility index (Phi) is 4.37. The molecule has 0 amide bonds. The number of nitrogens with zero attached hydrogens (tertiary/aromatic N) is 3. The number of hydrogen-bond acceptors (Lipinski definition) is 4. The van der Waals surface area contributed by atoms with Crippen molar-refractivity contribution in [3.05, 3.63) is 11.9 Å². The highest BCUT2D eigenvalue weighted by molar-refractivity contribution is 5.46. The van der Waals surface area contributed by atoms with Crippen molar-refractivity contribution >= 4 is 11.6 Å². The van der Waals surface area contributed by atoms with Crippen molar-refractivity contribution in [2.45, 2.75) is 32.4 Å². The monoisotopic (exact) mass is 262 g/mol. The lowest BCUT2D eigenvalue weighted by atomic mass is 10.2. The molecule has 2 N–H and O–H groups in total. The highest BCUT2D eigenvalue weighted by Crippen LogP contribution is 2.22. The molecule has 1 heterocycles. The first-order valence-electron chi connectivity index (χ1n) is 5.61. The molecule has 0 spiro atoms. The van der Waals surface area contributed by atoms with Crippen LogP contribution in [0.25, 0.3) is 0 Å². The van der Waals surface area contributed by atoms with Gasteiger partial charge in [-0.15, -0.1) is 0 Å². The predicted molar refractivity (Wildman–Crippen MR) is 64.5 cm³/mol. The summed E-state index contributed by atoms with van der Waals surface area (Å²) < 4.78 is 36.4. The second-order valence-corrected chi connectivity index (χ2v) is 4.45. The molecule has 0 aliphatic carbocycles. The first-order valence-corrected chi connectivity index (χ1v) is 5.61. The maximum absolute atomic E-state index is 12.1. The lowest BCUT2D eigenvalue weighted by Gasteiger charge is -2.20. The molecule has 1 aromatic rings. The van der Waals surface area contributed by atoms with E-state index in [4.69, 9.17) is 5.73 Å². The molecule has 1 rings (SSSR count). The fourth-order valence-electron chi connectivity index (χ4n) is 1.33. The molecule has 0 saturated carbocycles. The van der Waals surface area contributed by atoms with E-state index in [1.54, 1.807) is 7.05 Å². The molecular weight excluding hydrogens is 245 g/mol. The summed E-state index contributed by atoms with van der Waals surface area (Å²) in [6, 6.07) is 1.47. The lowest BCUT2D eigenvalue weighted by molar-refractivity contribution is -0.132. The molecular formula is C11H17F3N4. The zero-order chi connectivity index (χ0) is 13.9. The summed E-state index contributed by atoms with van der Waals surface area (Å²) in [5, 5.41) is 0. The molecule has 0 atom stereocenters. The Hall–Kier alpha value is -1.53. The number of nitrogens with two attached hydrogens (primary N) is 1. The standard InChI is InChI=1S/C11H17F3N4/c1-7(2)10-16-8(15)6-9(17-10)18(3)5-4-11(12,13)14/h6-7H,4-5H2,1-3H3,(H2,15,16,17). The van der Waals surface area contributed by atoms with E-state index in [0.717, 1.165) is 0 Å². The van der Waals surface area contributed by atoms with E-state index >= 15 is 0 Å². The van der Waals surface area contributed by atoms with Gasteiger partial charge in [0, 0.05) is 25.6 Å². The van der Waals surface area contributed by atoms with Crippen molar-refractivity contribution in [1.82, 2.24) is 9.97 Å². The minimum absolute atomic E-state index is 0.0725. The molecule has 0 fully saturated rings. The number of hydrogen-bond donors (Lipinski definition) is 1. The van der Waals surface area contributed by atoms with E-state index < -0.39 is 12.6 Å². The number of rotatable bonds is 4. The topological polar surface area (TPSA) is 55.0 Å². The van der Waals surface area contributed by atoms with Crippen LogP contribution in [0.3, 0.4) is 0 Å². The lowest BCUT2D eigenvalue weighted by Crippen LogP contribution is -2.25. The molecule has 18 heavy (non-hydrogen) atoms. The number of alkyl halides is 3.